The lowest BCUT2D eigenvalue weighted by Gasteiger charge is -2.10. The van der Waals surface area contributed by atoms with Crippen LogP contribution >= 0.6 is 0 Å². The fraction of sp³-hybridized carbons (Fsp3) is 0.267. The van der Waals surface area contributed by atoms with Gasteiger partial charge in [-0.3, -0.25) is 0 Å². The zero-order chi connectivity index (χ0) is 14.4. The maximum absolute atomic E-state index is 8.74. The molecule has 5 nitrogen and oxygen atoms in total. The molecule has 0 spiro atoms. The van der Waals surface area contributed by atoms with Gasteiger partial charge >= 0.3 is 0 Å². The van der Waals surface area contributed by atoms with Crippen LogP contribution in [0, 0.1) is 11.3 Å². The zero-order valence-electron chi connectivity index (χ0n) is 11.5. The summed E-state index contributed by atoms with van der Waals surface area (Å²) in [6, 6.07) is 11.2. The summed E-state index contributed by atoms with van der Waals surface area (Å²) in [4.78, 5) is 8.41. The Morgan fingerprint density at radius 1 is 1.25 bits per heavy atom. The zero-order valence-corrected chi connectivity index (χ0v) is 11.5. The molecule has 1 heterocycles. The molecule has 1 aromatic heterocycles. The quantitative estimate of drug-likeness (QED) is 0.902. The molecule has 0 saturated carbocycles. The summed E-state index contributed by atoms with van der Waals surface area (Å²) in [7, 11) is 0. The summed E-state index contributed by atoms with van der Waals surface area (Å²) in [6.45, 7) is 4.49. The van der Waals surface area contributed by atoms with Crippen molar-refractivity contribution in [1.82, 2.24) is 9.97 Å². The van der Waals surface area contributed by atoms with Gasteiger partial charge in [0, 0.05) is 18.8 Å². The Morgan fingerprint density at radius 3 is 2.65 bits per heavy atom. The van der Waals surface area contributed by atoms with E-state index in [1.165, 1.54) is 0 Å². The second-order valence-electron chi connectivity index (χ2n) is 4.55. The molecule has 0 aliphatic rings. The van der Waals surface area contributed by atoms with E-state index in [1.807, 2.05) is 26.0 Å². The Kier molecular flexibility index (Phi) is 4.51. The van der Waals surface area contributed by atoms with Gasteiger partial charge in [-0.15, -0.1) is 0 Å². The first-order valence-corrected chi connectivity index (χ1v) is 6.40. The molecule has 0 bridgehead atoms. The highest BCUT2D eigenvalue weighted by molar-refractivity contribution is 5.34. The molecule has 1 N–H and O–H groups in total. The van der Waals surface area contributed by atoms with E-state index in [2.05, 4.69) is 21.4 Å². The van der Waals surface area contributed by atoms with Crippen LogP contribution in [-0.4, -0.2) is 16.1 Å². The minimum absolute atomic E-state index is 0.0799. The van der Waals surface area contributed by atoms with Gasteiger partial charge < -0.3 is 10.1 Å². The third-order valence-electron chi connectivity index (χ3n) is 2.52. The standard InChI is InChI=1S/C15H16N4O/c1-11(2)20-14-7-8-17-15(19-14)18-10-13-5-3-12(9-16)4-6-13/h3-8,11H,10H2,1-2H3,(H,17,18,19). The van der Waals surface area contributed by atoms with Crippen molar-refractivity contribution in [2.45, 2.75) is 26.5 Å². The third kappa shape index (κ3) is 3.95. The molecule has 0 atom stereocenters. The van der Waals surface area contributed by atoms with Crippen LogP contribution < -0.4 is 10.1 Å². The summed E-state index contributed by atoms with van der Waals surface area (Å²) in [5, 5.41) is 11.9. The van der Waals surface area contributed by atoms with Crippen molar-refractivity contribution in [2.24, 2.45) is 0 Å². The summed E-state index contributed by atoms with van der Waals surface area (Å²) in [5.74, 6) is 1.07. The van der Waals surface area contributed by atoms with E-state index >= 15 is 0 Å². The Hall–Kier alpha value is -2.61. The van der Waals surface area contributed by atoms with Gasteiger partial charge in [-0.25, -0.2) is 4.98 Å². The van der Waals surface area contributed by atoms with Crippen LogP contribution in [0.2, 0.25) is 0 Å². The molecule has 0 aliphatic carbocycles. The van der Waals surface area contributed by atoms with Crippen molar-refractivity contribution in [1.29, 1.82) is 5.26 Å². The number of aromatic nitrogens is 2. The van der Waals surface area contributed by atoms with Gasteiger partial charge in [0.1, 0.15) is 0 Å². The fourth-order valence-electron chi connectivity index (χ4n) is 1.61. The average molecular weight is 268 g/mol. The maximum Gasteiger partial charge on any atom is 0.226 e. The number of hydrogen-bond acceptors (Lipinski definition) is 5. The molecular weight excluding hydrogens is 252 g/mol. The van der Waals surface area contributed by atoms with Crippen molar-refractivity contribution in [2.75, 3.05) is 5.32 Å². The number of rotatable bonds is 5. The number of anilines is 1. The van der Waals surface area contributed by atoms with Crippen molar-refractivity contribution in [3.8, 4) is 11.9 Å². The van der Waals surface area contributed by atoms with Crippen molar-refractivity contribution in [3.63, 3.8) is 0 Å². The summed E-state index contributed by atoms with van der Waals surface area (Å²) >= 11 is 0. The van der Waals surface area contributed by atoms with Crippen LogP contribution in [-0.2, 0) is 6.54 Å². The molecule has 0 aliphatic heterocycles. The fourth-order valence-corrected chi connectivity index (χ4v) is 1.61. The number of hydrogen-bond donors (Lipinski definition) is 1. The first-order valence-electron chi connectivity index (χ1n) is 6.40. The summed E-state index contributed by atoms with van der Waals surface area (Å²) in [6.07, 6.45) is 1.74. The highest BCUT2D eigenvalue weighted by Gasteiger charge is 2.02. The number of nitrogens with one attached hydrogen (secondary N) is 1. The van der Waals surface area contributed by atoms with Gasteiger partial charge in [-0.05, 0) is 31.5 Å². The Labute approximate surface area is 118 Å². The lowest BCUT2D eigenvalue weighted by molar-refractivity contribution is 0.232. The predicted octanol–water partition coefficient (Wildman–Crippen LogP) is 2.75. The first-order chi connectivity index (χ1) is 9.67. The van der Waals surface area contributed by atoms with Gasteiger partial charge in [-0.2, -0.15) is 10.2 Å². The van der Waals surface area contributed by atoms with E-state index < -0.39 is 0 Å². The summed E-state index contributed by atoms with van der Waals surface area (Å²) in [5.41, 5.74) is 1.71. The van der Waals surface area contributed by atoms with Gasteiger partial charge in [0.15, 0.2) is 0 Å². The lowest BCUT2D eigenvalue weighted by atomic mass is 10.1. The molecule has 0 fully saturated rings. The van der Waals surface area contributed by atoms with Crippen LogP contribution in [0.1, 0.15) is 25.0 Å². The van der Waals surface area contributed by atoms with E-state index in [1.54, 1.807) is 24.4 Å². The first kappa shape index (κ1) is 13.8. The molecule has 0 saturated heterocycles. The van der Waals surface area contributed by atoms with E-state index in [9.17, 15) is 0 Å². The van der Waals surface area contributed by atoms with Crippen molar-refractivity contribution in [3.05, 3.63) is 47.7 Å². The number of nitriles is 1. The maximum atomic E-state index is 8.74. The second kappa shape index (κ2) is 6.53. The normalized spacial score (nSPS) is 10.1. The van der Waals surface area contributed by atoms with Gasteiger partial charge in [0.25, 0.3) is 0 Å². The Morgan fingerprint density at radius 2 is 2.00 bits per heavy atom. The molecule has 5 heteroatoms. The molecule has 2 aromatic rings. The van der Waals surface area contributed by atoms with Crippen LogP contribution in [0.25, 0.3) is 0 Å². The Bertz CT molecular complexity index is 602. The van der Waals surface area contributed by atoms with Gasteiger partial charge in [0.05, 0.1) is 17.7 Å². The molecule has 2 rings (SSSR count). The van der Waals surface area contributed by atoms with E-state index in [0.29, 0.717) is 23.9 Å². The molecule has 0 unspecified atom stereocenters. The highest BCUT2D eigenvalue weighted by atomic mass is 16.5. The van der Waals surface area contributed by atoms with E-state index in [0.717, 1.165) is 5.56 Å². The molecule has 1 aromatic carbocycles. The minimum atomic E-state index is 0.0799. The molecular formula is C15H16N4O. The van der Waals surface area contributed by atoms with Gasteiger partial charge in [-0.1, -0.05) is 12.1 Å². The Balaban J connectivity index is 1.97. The molecule has 0 amide bonds. The molecule has 0 radical (unpaired) electrons. The van der Waals surface area contributed by atoms with Crippen LogP contribution in [0.4, 0.5) is 5.95 Å². The van der Waals surface area contributed by atoms with Gasteiger partial charge in [0.2, 0.25) is 11.8 Å². The van der Waals surface area contributed by atoms with Crippen LogP contribution in [0.3, 0.4) is 0 Å². The predicted molar refractivity (Wildman–Crippen MR) is 76.3 cm³/mol. The monoisotopic (exact) mass is 268 g/mol. The van der Waals surface area contributed by atoms with Crippen LogP contribution in [0.5, 0.6) is 5.88 Å². The largest absolute Gasteiger partial charge is 0.475 e. The van der Waals surface area contributed by atoms with Crippen molar-refractivity contribution >= 4 is 5.95 Å². The van der Waals surface area contributed by atoms with Crippen LogP contribution in [0.15, 0.2) is 36.5 Å². The number of ether oxygens (including phenoxy) is 1. The van der Waals surface area contributed by atoms with E-state index in [-0.39, 0.29) is 6.10 Å². The lowest BCUT2D eigenvalue weighted by Crippen LogP contribution is -2.09. The van der Waals surface area contributed by atoms with E-state index in [4.69, 9.17) is 10.00 Å². The minimum Gasteiger partial charge on any atom is -0.475 e. The SMILES string of the molecule is CC(C)Oc1ccnc(NCc2ccc(C#N)cc2)n1. The molecule has 102 valence electrons. The highest BCUT2D eigenvalue weighted by Crippen LogP contribution is 2.11. The number of nitrogens with zero attached hydrogens (tertiary/aromatic N) is 3. The molecule has 20 heavy (non-hydrogen) atoms. The topological polar surface area (TPSA) is 70.8 Å². The summed E-state index contributed by atoms with van der Waals surface area (Å²) < 4.78 is 5.51. The third-order valence-corrected chi connectivity index (χ3v) is 2.52. The second-order valence-corrected chi connectivity index (χ2v) is 4.55. The van der Waals surface area contributed by atoms with Crippen molar-refractivity contribution < 1.29 is 4.74 Å². The smallest absolute Gasteiger partial charge is 0.226 e. The average Bonchev–Trinajstić information content (AvgIpc) is 2.45. The number of benzene rings is 1.